The molecule has 0 aromatic rings. The Hall–Kier alpha value is -1.12. The van der Waals surface area contributed by atoms with Crippen LogP contribution in [0.5, 0.6) is 0 Å². The number of carbonyl (C=O) groups excluding carboxylic acids is 2. The second-order valence-electron chi connectivity index (χ2n) is 2.71. The molecule has 3 nitrogen and oxygen atoms in total. The van der Waals surface area contributed by atoms with E-state index in [2.05, 4.69) is 6.58 Å². The van der Waals surface area contributed by atoms with Gasteiger partial charge in [-0.05, 0) is 6.92 Å². The van der Waals surface area contributed by atoms with Gasteiger partial charge in [-0.2, -0.15) is 0 Å². The van der Waals surface area contributed by atoms with Crippen molar-refractivity contribution in [3.63, 3.8) is 0 Å². The molecule has 12 heavy (non-hydrogen) atoms. The summed E-state index contributed by atoms with van der Waals surface area (Å²) in [6, 6.07) is 0. The standard InChI is InChI=1S/C9H15NO2/c1-4-6-10(9(3)12)7-5-8(2)11/h4H,1,5-7H2,2-3H3. The van der Waals surface area contributed by atoms with Gasteiger partial charge in [0.1, 0.15) is 5.78 Å². The summed E-state index contributed by atoms with van der Waals surface area (Å²) in [4.78, 5) is 23.1. The predicted octanol–water partition coefficient (Wildman–Crippen LogP) is 1.00. The molecule has 0 aliphatic heterocycles. The molecule has 0 aliphatic rings. The number of ketones is 1. The van der Waals surface area contributed by atoms with Gasteiger partial charge in [0.15, 0.2) is 0 Å². The maximum Gasteiger partial charge on any atom is 0.219 e. The molecule has 0 radical (unpaired) electrons. The first-order chi connectivity index (χ1) is 5.57. The van der Waals surface area contributed by atoms with Crippen molar-refractivity contribution < 1.29 is 9.59 Å². The third kappa shape index (κ3) is 4.66. The van der Waals surface area contributed by atoms with Crippen LogP contribution in [0, 0.1) is 0 Å². The van der Waals surface area contributed by atoms with Gasteiger partial charge in [0.25, 0.3) is 0 Å². The molecule has 0 aromatic carbocycles. The number of rotatable bonds is 5. The van der Waals surface area contributed by atoms with Crippen LogP contribution >= 0.6 is 0 Å². The molecule has 0 bridgehead atoms. The normalized spacial score (nSPS) is 9.17. The zero-order valence-corrected chi connectivity index (χ0v) is 7.67. The van der Waals surface area contributed by atoms with Crippen LogP contribution in [0.4, 0.5) is 0 Å². The zero-order valence-electron chi connectivity index (χ0n) is 7.67. The average molecular weight is 169 g/mol. The van der Waals surface area contributed by atoms with Crippen LogP contribution in [-0.4, -0.2) is 29.7 Å². The van der Waals surface area contributed by atoms with Crippen molar-refractivity contribution in [1.29, 1.82) is 0 Å². The Bertz CT molecular complexity index is 187. The van der Waals surface area contributed by atoms with Gasteiger partial charge >= 0.3 is 0 Å². The molecule has 0 unspecified atom stereocenters. The fourth-order valence-electron chi connectivity index (χ4n) is 0.826. The highest BCUT2D eigenvalue weighted by molar-refractivity contribution is 5.77. The molecule has 3 heteroatoms. The van der Waals surface area contributed by atoms with Crippen molar-refractivity contribution in [1.82, 2.24) is 4.90 Å². The molecule has 0 saturated heterocycles. The largest absolute Gasteiger partial charge is 0.339 e. The van der Waals surface area contributed by atoms with Crippen LogP contribution in [0.25, 0.3) is 0 Å². The minimum atomic E-state index is -0.0175. The van der Waals surface area contributed by atoms with Crippen molar-refractivity contribution in [3.05, 3.63) is 12.7 Å². The maximum absolute atomic E-state index is 10.9. The van der Waals surface area contributed by atoms with E-state index in [0.717, 1.165) is 0 Å². The smallest absolute Gasteiger partial charge is 0.219 e. The summed E-state index contributed by atoms with van der Waals surface area (Å²) in [5.74, 6) is 0.0847. The minimum absolute atomic E-state index is 0.0175. The number of amides is 1. The molecule has 0 spiro atoms. The first kappa shape index (κ1) is 10.9. The van der Waals surface area contributed by atoms with Crippen molar-refractivity contribution in [2.24, 2.45) is 0 Å². The molecule has 68 valence electrons. The van der Waals surface area contributed by atoms with E-state index in [1.165, 1.54) is 13.8 Å². The third-order valence-corrected chi connectivity index (χ3v) is 1.53. The molecule has 0 rings (SSSR count). The van der Waals surface area contributed by atoms with Gasteiger partial charge in [0, 0.05) is 26.4 Å². The second-order valence-corrected chi connectivity index (χ2v) is 2.71. The SMILES string of the molecule is C=CCN(CCC(C)=O)C(C)=O. The van der Waals surface area contributed by atoms with E-state index in [-0.39, 0.29) is 11.7 Å². The van der Waals surface area contributed by atoms with Crippen molar-refractivity contribution in [2.75, 3.05) is 13.1 Å². The Kier molecular flexibility index (Phi) is 5.00. The third-order valence-electron chi connectivity index (χ3n) is 1.53. The number of hydrogen-bond donors (Lipinski definition) is 0. The van der Waals surface area contributed by atoms with Crippen LogP contribution in [0.15, 0.2) is 12.7 Å². The molecular formula is C9H15NO2. The summed E-state index contributed by atoms with van der Waals surface area (Å²) in [6.07, 6.45) is 2.08. The predicted molar refractivity (Wildman–Crippen MR) is 47.7 cm³/mol. The van der Waals surface area contributed by atoms with E-state index in [1.807, 2.05) is 0 Å². The topological polar surface area (TPSA) is 37.4 Å². The van der Waals surface area contributed by atoms with Crippen molar-refractivity contribution in [2.45, 2.75) is 20.3 Å². The van der Waals surface area contributed by atoms with Gasteiger partial charge in [-0.3, -0.25) is 9.59 Å². The quantitative estimate of drug-likeness (QED) is 0.576. The molecule has 1 amide bonds. The minimum Gasteiger partial charge on any atom is -0.339 e. The van der Waals surface area contributed by atoms with E-state index in [0.29, 0.717) is 19.5 Å². The van der Waals surface area contributed by atoms with Crippen LogP contribution < -0.4 is 0 Å². The van der Waals surface area contributed by atoms with Gasteiger partial charge in [-0.25, -0.2) is 0 Å². The van der Waals surface area contributed by atoms with Crippen LogP contribution in [0.2, 0.25) is 0 Å². The van der Waals surface area contributed by atoms with Crippen LogP contribution in [0.1, 0.15) is 20.3 Å². The van der Waals surface area contributed by atoms with Crippen LogP contribution in [0.3, 0.4) is 0 Å². The highest BCUT2D eigenvalue weighted by Crippen LogP contribution is 1.93. The highest BCUT2D eigenvalue weighted by Gasteiger charge is 2.06. The Morgan fingerprint density at radius 3 is 2.33 bits per heavy atom. The Balaban J connectivity index is 3.86. The summed E-state index contributed by atoms with van der Waals surface area (Å²) >= 11 is 0. The van der Waals surface area contributed by atoms with Gasteiger partial charge in [0.05, 0.1) is 0 Å². The number of hydrogen-bond acceptors (Lipinski definition) is 2. The molecule has 0 fully saturated rings. The van der Waals surface area contributed by atoms with Gasteiger partial charge < -0.3 is 4.90 Å². The lowest BCUT2D eigenvalue weighted by molar-refractivity contribution is -0.128. The maximum atomic E-state index is 10.9. The number of nitrogens with zero attached hydrogens (tertiary/aromatic N) is 1. The highest BCUT2D eigenvalue weighted by atomic mass is 16.2. The molecule has 0 N–H and O–H groups in total. The van der Waals surface area contributed by atoms with E-state index >= 15 is 0 Å². The second kappa shape index (κ2) is 5.52. The van der Waals surface area contributed by atoms with Crippen molar-refractivity contribution >= 4 is 11.7 Å². The lowest BCUT2D eigenvalue weighted by atomic mass is 10.3. The Morgan fingerprint density at radius 1 is 1.42 bits per heavy atom. The monoisotopic (exact) mass is 169 g/mol. The van der Waals surface area contributed by atoms with E-state index in [1.54, 1.807) is 11.0 Å². The number of carbonyl (C=O) groups is 2. The molecule has 0 aliphatic carbocycles. The molecule has 0 saturated carbocycles. The zero-order chi connectivity index (χ0) is 9.56. The molecule has 0 heterocycles. The summed E-state index contributed by atoms with van der Waals surface area (Å²) in [5.41, 5.74) is 0. The van der Waals surface area contributed by atoms with E-state index in [9.17, 15) is 9.59 Å². The first-order valence-electron chi connectivity index (χ1n) is 3.93. The lowest BCUT2D eigenvalue weighted by Gasteiger charge is -2.17. The summed E-state index contributed by atoms with van der Waals surface area (Å²) in [7, 11) is 0. The molecule has 0 atom stereocenters. The lowest BCUT2D eigenvalue weighted by Crippen LogP contribution is -2.30. The van der Waals surface area contributed by atoms with Crippen LogP contribution in [-0.2, 0) is 9.59 Å². The van der Waals surface area contributed by atoms with E-state index in [4.69, 9.17) is 0 Å². The summed E-state index contributed by atoms with van der Waals surface area (Å²) < 4.78 is 0. The molecule has 0 aromatic heterocycles. The Morgan fingerprint density at radius 2 is 2.00 bits per heavy atom. The fourth-order valence-corrected chi connectivity index (χ4v) is 0.826. The van der Waals surface area contributed by atoms with E-state index < -0.39 is 0 Å². The van der Waals surface area contributed by atoms with Gasteiger partial charge in [0.2, 0.25) is 5.91 Å². The summed E-state index contributed by atoms with van der Waals surface area (Å²) in [5, 5.41) is 0. The van der Waals surface area contributed by atoms with Crippen molar-refractivity contribution in [3.8, 4) is 0 Å². The summed E-state index contributed by atoms with van der Waals surface area (Å²) in [6.45, 7) is 7.55. The fraction of sp³-hybridized carbons (Fsp3) is 0.556. The van der Waals surface area contributed by atoms with Gasteiger partial charge in [-0.15, -0.1) is 6.58 Å². The Labute approximate surface area is 73.1 Å². The molecular weight excluding hydrogens is 154 g/mol. The first-order valence-corrected chi connectivity index (χ1v) is 3.93. The average Bonchev–Trinajstić information content (AvgIpc) is 1.96. The number of Topliss-reactive ketones (excluding diaryl/α,β-unsaturated/α-hetero) is 1. The van der Waals surface area contributed by atoms with Gasteiger partial charge in [-0.1, -0.05) is 6.08 Å².